The van der Waals surface area contributed by atoms with Crippen molar-refractivity contribution in [2.75, 3.05) is 6.54 Å². The monoisotopic (exact) mass is 255 g/mol. The normalized spacial score (nSPS) is 49.5. The Bertz CT molecular complexity index is 284. The van der Waals surface area contributed by atoms with E-state index in [0.29, 0.717) is 6.54 Å². The molecule has 0 radical (unpaired) electrons. The van der Waals surface area contributed by atoms with E-state index in [1.54, 1.807) is 0 Å². The maximum atomic E-state index is 11.2. The number of aliphatic hydroxyl groups is 1. The lowest BCUT2D eigenvalue weighted by molar-refractivity contribution is -0.184. The summed E-state index contributed by atoms with van der Waals surface area (Å²) in [5.74, 6) is 0.742. The number of hydrogen-bond acceptors (Lipinski definition) is 3. The maximum absolute atomic E-state index is 11.2. The number of hydrogen-bond donors (Lipinski definition) is 2. The summed E-state index contributed by atoms with van der Waals surface area (Å²) >= 11 is 0. The van der Waals surface area contributed by atoms with Crippen molar-refractivity contribution in [2.45, 2.75) is 77.1 Å². The highest BCUT2D eigenvalue weighted by Gasteiger charge is 2.55. The average molecular weight is 255 g/mol. The molecule has 0 spiro atoms. The Balaban J connectivity index is 2.20. The molecule has 1 heterocycles. The molecule has 4 unspecified atom stereocenters. The van der Waals surface area contributed by atoms with Gasteiger partial charge in [0.1, 0.15) is 0 Å². The molecular weight excluding hydrogens is 226 g/mol. The van der Waals surface area contributed by atoms with Crippen LogP contribution in [0.15, 0.2) is 0 Å². The molecule has 3 nitrogen and oxygen atoms in total. The Kier molecular flexibility index (Phi) is 4.05. The fraction of sp³-hybridized carbons (Fsp3) is 1.00. The molecule has 2 fully saturated rings. The third-order valence-electron chi connectivity index (χ3n) is 5.38. The second-order valence-corrected chi connectivity index (χ2v) is 6.70. The summed E-state index contributed by atoms with van der Waals surface area (Å²) in [5, 5.41) is 11.2. The molecule has 0 bridgehead atoms. The van der Waals surface area contributed by atoms with Gasteiger partial charge in [-0.3, -0.25) is 0 Å². The van der Waals surface area contributed by atoms with E-state index in [-0.39, 0.29) is 17.6 Å². The van der Waals surface area contributed by atoms with Gasteiger partial charge < -0.3 is 15.6 Å². The average Bonchev–Trinajstić information content (AvgIpc) is 2.72. The van der Waals surface area contributed by atoms with E-state index in [4.69, 9.17) is 10.5 Å². The Labute approximate surface area is 111 Å². The minimum absolute atomic E-state index is 0.0695. The predicted octanol–water partition coefficient (Wildman–Crippen LogP) is 2.46. The van der Waals surface area contributed by atoms with E-state index in [9.17, 15) is 5.11 Å². The summed E-state index contributed by atoms with van der Waals surface area (Å²) in [6, 6.07) is 0. The molecule has 1 aliphatic heterocycles. The van der Waals surface area contributed by atoms with E-state index in [0.717, 1.165) is 31.6 Å². The lowest BCUT2D eigenvalue weighted by atomic mass is 9.64. The standard InChI is InChI=1S/C15H29NO2/c1-4-13-5-6-14(9-13,10-16)15(17)7-11(2)18-12(3)8-15/h11-13,17H,4-10,16H2,1-3H3. The van der Waals surface area contributed by atoms with Crippen LogP contribution in [0.25, 0.3) is 0 Å². The zero-order valence-electron chi connectivity index (χ0n) is 12.1. The van der Waals surface area contributed by atoms with Crippen molar-refractivity contribution in [3.63, 3.8) is 0 Å². The third kappa shape index (κ3) is 2.33. The Hall–Kier alpha value is -0.120. The van der Waals surface area contributed by atoms with Crippen molar-refractivity contribution in [1.82, 2.24) is 0 Å². The zero-order chi connectivity index (χ0) is 13.4. The first-order valence-electron chi connectivity index (χ1n) is 7.52. The molecule has 3 heteroatoms. The van der Waals surface area contributed by atoms with Crippen LogP contribution in [0, 0.1) is 11.3 Å². The van der Waals surface area contributed by atoms with Gasteiger partial charge in [0.15, 0.2) is 0 Å². The van der Waals surface area contributed by atoms with Crippen LogP contribution in [0.3, 0.4) is 0 Å². The molecule has 2 aliphatic rings. The van der Waals surface area contributed by atoms with E-state index >= 15 is 0 Å². The summed E-state index contributed by atoms with van der Waals surface area (Å²) in [7, 11) is 0. The van der Waals surface area contributed by atoms with Gasteiger partial charge in [0, 0.05) is 24.8 Å². The van der Waals surface area contributed by atoms with Gasteiger partial charge in [0.05, 0.1) is 17.8 Å². The first-order chi connectivity index (χ1) is 8.44. The molecule has 2 rings (SSSR count). The number of nitrogens with two attached hydrogens (primary N) is 1. The van der Waals surface area contributed by atoms with Crippen molar-refractivity contribution >= 4 is 0 Å². The van der Waals surface area contributed by atoms with Crippen molar-refractivity contribution in [3.05, 3.63) is 0 Å². The second kappa shape index (κ2) is 5.10. The molecule has 3 N–H and O–H groups in total. The highest BCUT2D eigenvalue weighted by molar-refractivity contribution is 5.06. The lowest BCUT2D eigenvalue weighted by Gasteiger charge is -2.50. The van der Waals surface area contributed by atoms with Crippen LogP contribution in [-0.4, -0.2) is 29.5 Å². The lowest BCUT2D eigenvalue weighted by Crippen LogP contribution is -2.57. The molecule has 1 aliphatic carbocycles. The van der Waals surface area contributed by atoms with Crippen LogP contribution in [0.4, 0.5) is 0 Å². The zero-order valence-corrected chi connectivity index (χ0v) is 12.1. The molecule has 4 atom stereocenters. The van der Waals surface area contributed by atoms with E-state index in [2.05, 4.69) is 20.8 Å². The van der Waals surface area contributed by atoms with Crippen LogP contribution in [0.2, 0.25) is 0 Å². The van der Waals surface area contributed by atoms with E-state index in [1.165, 1.54) is 12.8 Å². The second-order valence-electron chi connectivity index (χ2n) is 6.70. The molecule has 18 heavy (non-hydrogen) atoms. The van der Waals surface area contributed by atoms with Gasteiger partial charge in [-0.25, -0.2) is 0 Å². The van der Waals surface area contributed by atoms with Gasteiger partial charge in [-0.1, -0.05) is 13.3 Å². The summed E-state index contributed by atoms with van der Waals surface area (Å²) in [5.41, 5.74) is 5.40. The van der Waals surface area contributed by atoms with Crippen molar-refractivity contribution in [1.29, 1.82) is 0 Å². The predicted molar refractivity (Wildman–Crippen MR) is 73.3 cm³/mol. The molecular formula is C15H29NO2. The van der Waals surface area contributed by atoms with Crippen molar-refractivity contribution in [2.24, 2.45) is 17.1 Å². The topological polar surface area (TPSA) is 55.5 Å². The van der Waals surface area contributed by atoms with E-state index in [1.807, 2.05) is 0 Å². The highest BCUT2D eigenvalue weighted by atomic mass is 16.5. The van der Waals surface area contributed by atoms with Gasteiger partial charge in [0.2, 0.25) is 0 Å². The van der Waals surface area contributed by atoms with E-state index < -0.39 is 5.60 Å². The minimum atomic E-state index is -0.622. The summed E-state index contributed by atoms with van der Waals surface area (Å²) in [6.07, 6.45) is 6.37. The third-order valence-corrected chi connectivity index (χ3v) is 5.38. The molecule has 1 saturated carbocycles. The first-order valence-corrected chi connectivity index (χ1v) is 7.52. The van der Waals surface area contributed by atoms with Crippen LogP contribution in [0.5, 0.6) is 0 Å². The minimum Gasteiger partial charge on any atom is -0.389 e. The Morgan fingerprint density at radius 1 is 1.22 bits per heavy atom. The summed E-state index contributed by atoms with van der Waals surface area (Å²) in [4.78, 5) is 0. The Morgan fingerprint density at radius 3 is 2.28 bits per heavy atom. The molecule has 1 saturated heterocycles. The largest absolute Gasteiger partial charge is 0.389 e. The Morgan fingerprint density at radius 2 is 1.83 bits per heavy atom. The summed E-state index contributed by atoms with van der Waals surface area (Å²) < 4.78 is 5.78. The fourth-order valence-electron chi connectivity index (χ4n) is 4.34. The van der Waals surface area contributed by atoms with Gasteiger partial charge in [-0.05, 0) is 39.0 Å². The fourth-order valence-corrected chi connectivity index (χ4v) is 4.34. The van der Waals surface area contributed by atoms with Gasteiger partial charge in [-0.15, -0.1) is 0 Å². The van der Waals surface area contributed by atoms with Crippen LogP contribution in [0.1, 0.15) is 59.3 Å². The first kappa shape index (κ1) is 14.3. The van der Waals surface area contributed by atoms with Crippen LogP contribution >= 0.6 is 0 Å². The molecule has 0 aromatic carbocycles. The molecule has 106 valence electrons. The SMILES string of the molecule is CCC1CCC(CN)(C2(O)CC(C)OC(C)C2)C1. The quantitative estimate of drug-likeness (QED) is 0.814. The van der Waals surface area contributed by atoms with Crippen molar-refractivity contribution < 1.29 is 9.84 Å². The van der Waals surface area contributed by atoms with Gasteiger partial charge >= 0.3 is 0 Å². The highest BCUT2D eigenvalue weighted by Crippen LogP contribution is 2.54. The number of rotatable bonds is 3. The molecule has 0 aromatic heterocycles. The smallest absolute Gasteiger partial charge is 0.0765 e. The van der Waals surface area contributed by atoms with Crippen LogP contribution in [-0.2, 0) is 4.74 Å². The number of ether oxygens (including phenoxy) is 1. The summed E-state index contributed by atoms with van der Waals surface area (Å²) in [6.45, 7) is 6.99. The molecule has 0 aromatic rings. The molecule has 0 amide bonds. The maximum Gasteiger partial charge on any atom is 0.0765 e. The van der Waals surface area contributed by atoms with Gasteiger partial charge in [0.25, 0.3) is 0 Å². The van der Waals surface area contributed by atoms with Crippen LogP contribution < -0.4 is 5.73 Å². The van der Waals surface area contributed by atoms with Gasteiger partial charge in [-0.2, -0.15) is 0 Å². The van der Waals surface area contributed by atoms with Crippen molar-refractivity contribution in [3.8, 4) is 0 Å².